The molecule has 0 aromatic heterocycles. The summed E-state index contributed by atoms with van der Waals surface area (Å²) in [6.07, 6.45) is 3.14. The molecular formula is C12H25NO3. The Bertz CT molecular complexity index is 204. The number of carbonyl (C=O) groups is 1. The minimum absolute atomic E-state index is 0.0865. The maximum atomic E-state index is 10.8. The first-order chi connectivity index (χ1) is 7.44. The van der Waals surface area contributed by atoms with Crippen LogP contribution in [0.4, 0.5) is 4.79 Å². The number of primary amides is 1. The highest BCUT2D eigenvalue weighted by Crippen LogP contribution is 2.22. The second kappa shape index (κ2) is 7.49. The summed E-state index contributed by atoms with van der Waals surface area (Å²) in [5, 5.41) is 0. The van der Waals surface area contributed by atoms with E-state index in [0.717, 1.165) is 25.7 Å². The van der Waals surface area contributed by atoms with E-state index in [1.54, 1.807) is 0 Å². The van der Waals surface area contributed by atoms with Crippen molar-refractivity contribution in [1.29, 1.82) is 0 Å². The highest BCUT2D eigenvalue weighted by molar-refractivity contribution is 5.65. The van der Waals surface area contributed by atoms with E-state index in [1.807, 2.05) is 13.8 Å². The third-order valence-electron chi connectivity index (χ3n) is 2.51. The molecule has 0 spiro atoms. The van der Waals surface area contributed by atoms with Crippen LogP contribution in [0.5, 0.6) is 0 Å². The molecule has 0 aromatic carbocycles. The minimum atomic E-state index is -0.745. The lowest BCUT2D eigenvalue weighted by molar-refractivity contribution is -0.0948. The average molecular weight is 231 g/mol. The van der Waals surface area contributed by atoms with E-state index in [0.29, 0.717) is 6.61 Å². The molecule has 16 heavy (non-hydrogen) atoms. The summed E-state index contributed by atoms with van der Waals surface area (Å²) in [5.74, 6) is 0. The standard InChI is InChI=1S/C12H25NO3/c1-5-7-9-15-10(8-6-2)12(3,4)16-11(13)14/h10H,5-9H2,1-4H3,(H2,13,14). The van der Waals surface area contributed by atoms with Gasteiger partial charge < -0.3 is 15.2 Å². The van der Waals surface area contributed by atoms with Crippen molar-refractivity contribution in [2.24, 2.45) is 5.73 Å². The second-order valence-electron chi connectivity index (χ2n) is 4.53. The van der Waals surface area contributed by atoms with Crippen molar-refractivity contribution in [3.63, 3.8) is 0 Å². The zero-order valence-corrected chi connectivity index (χ0v) is 10.9. The number of unbranched alkanes of at least 4 members (excludes halogenated alkanes) is 1. The molecule has 1 atom stereocenters. The van der Waals surface area contributed by atoms with Gasteiger partial charge in [0, 0.05) is 6.61 Å². The van der Waals surface area contributed by atoms with Crippen molar-refractivity contribution >= 4 is 6.09 Å². The van der Waals surface area contributed by atoms with Crippen LogP contribution in [-0.2, 0) is 9.47 Å². The Kier molecular flexibility index (Phi) is 7.13. The number of amides is 1. The summed E-state index contributed by atoms with van der Waals surface area (Å²) >= 11 is 0. The number of hydrogen-bond donors (Lipinski definition) is 1. The molecule has 0 aliphatic rings. The predicted octanol–water partition coefficient (Wildman–Crippen LogP) is 2.85. The van der Waals surface area contributed by atoms with Gasteiger partial charge in [0.2, 0.25) is 0 Å². The SMILES string of the molecule is CCCCOC(CCC)C(C)(C)OC(N)=O. The molecule has 1 unspecified atom stereocenters. The van der Waals surface area contributed by atoms with Crippen LogP contribution in [-0.4, -0.2) is 24.4 Å². The molecule has 2 N–H and O–H groups in total. The van der Waals surface area contributed by atoms with Crippen molar-refractivity contribution < 1.29 is 14.3 Å². The molecular weight excluding hydrogens is 206 g/mol. The maximum absolute atomic E-state index is 10.8. The fraction of sp³-hybridized carbons (Fsp3) is 0.917. The number of nitrogens with two attached hydrogens (primary N) is 1. The third kappa shape index (κ3) is 5.95. The van der Waals surface area contributed by atoms with Crippen LogP contribution in [0.3, 0.4) is 0 Å². The van der Waals surface area contributed by atoms with E-state index in [4.69, 9.17) is 15.2 Å². The molecule has 4 heteroatoms. The van der Waals surface area contributed by atoms with E-state index in [1.165, 1.54) is 0 Å². The molecule has 0 heterocycles. The molecule has 0 rings (SSSR count). The maximum Gasteiger partial charge on any atom is 0.405 e. The van der Waals surface area contributed by atoms with Crippen molar-refractivity contribution in [2.75, 3.05) is 6.61 Å². The first-order valence-corrected chi connectivity index (χ1v) is 6.04. The highest BCUT2D eigenvalue weighted by atomic mass is 16.6. The van der Waals surface area contributed by atoms with Crippen molar-refractivity contribution in [3.8, 4) is 0 Å². The Balaban J connectivity index is 4.30. The van der Waals surface area contributed by atoms with Crippen LogP contribution in [0.1, 0.15) is 53.4 Å². The largest absolute Gasteiger partial charge is 0.441 e. The van der Waals surface area contributed by atoms with Crippen LogP contribution >= 0.6 is 0 Å². The monoisotopic (exact) mass is 231 g/mol. The number of carbonyl (C=O) groups excluding carboxylic acids is 1. The van der Waals surface area contributed by atoms with E-state index < -0.39 is 11.7 Å². The fourth-order valence-corrected chi connectivity index (χ4v) is 1.59. The summed E-state index contributed by atoms with van der Waals surface area (Å²) in [6.45, 7) is 8.57. The van der Waals surface area contributed by atoms with Crippen LogP contribution in [0.25, 0.3) is 0 Å². The van der Waals surface area contributed by atoms with Gasteiger partial charge in [0.1, 0.15) is 5.60 Å². The Hall–Kier alpha value is -0.770. The first kappa shape index (κ1) is 15.2. The lowest BCUT2D eigenvalue weighted by Gasteiger charge is -2.33. The summed E-state index contributed by atoms with van der Waals surface area (Å²) in [6, 6.07) is 0. The highest BCUT2D eigenvalue weighted by Gasteiger charge is 2.32. The molecule has 96 valence electrons. The predicted molar refractivity (Wildman–Crippen MR) is 64.3 cm³/mol. The Morgan fingerprint density at radius 1 is 1.31 bits per heavy atom. The van der Waals surface area contributed by atoms with Gasteiger partial charge in [-0.1, -0.05) is 26.7 Å². The summed E-state index contributed by atoms with van der Waals surface area (Å²) in [5.41, 5.74) is 4.39. The van der Waals surface area contributed by atoms with E-state index in [-0.39, 0.29) is 6.10 Å². The number of ether oxygens (including phenoxy) is 2. The molecule has 0 radical (unpaired) electrons. The van der Waals surface area contributed by atoms with Crippen LogP contribution in [0.15, 0.2) is 0 Å². The van der Waals surface area contributed by atoms with Gasteiger partial charge in [-0.2, -0.15) is 0 Å². The average Bonchev–Trinajstić information content (AvgIpc) is 2.14. The van der Waals surface area contributed by atoms with E-state index in [2.05, 4.69) is 13.8 Å². The zero-order chi connectivity index (χ0) is 12.6. The summed E-state index contributed by atoms with van der Waals surface area (Å²) in [7, 11) is 0. The van der Waals surface area contributed by atoms with Crippen molar-refractivity contribution in [3.05, 3.63) is 0 Å². The lowest BCUT2D eigenvalue weighted by Crippen LogP contribution is -2.44. The second-order valence-corrected chi connectivity index (χ2v) is 4.53. The Labute approximate surface area is 98.5 Å². The Morgan fingerprint density at radius 3 is 2.38 bits per heavy atom. The van der Waals surface area contributed by atoms with Crippen molar-refractivity contribution in [1.82, 2.24) is 0 Å². The van der Waals surface area contributed by atoms with Gasteiger partial charge in [-0.15, -0.1) is 0 Å². The third-order valence-corrected chi connectivity index (χ3v) is 2.51. The molecule has 0 saturated heterocycles. The topological polar surface area (TPSA) is 61.6 Å². The normalized spacial score (nSPS) is 13.5. The minimum Gasteiger partial charge on any atom is -0.441 e. The summed E-state index contributed by atoms with van der Waals surface area (Å²) < 4.78 is 10.9. The van der Waals surface area contributed by atoms with Crippen LogP contribution in [0.2, 0.25) is 0 Å². The van der Waals surface area contributed by atoms with Gasteiger partial charge in [0.05, 0.1) is 6.10 Å². The van der Waals surface area contributed by atoms with Gasteiger partial charge in [0.15, 0.2) is 0 Å². The number of hydrogen-bond acceptors (Lipinski definition) is 3. The molecule has 0 aliphatic heterocycles. The van der Waals surface area contributed by atoms with Gasteiger partial charge in [0.25, 0.3) is 0 Å². The molecule has 0 bridgehead atoms. The first-order valence-electron chi connectivity index (χ1n) is 6.04. The van der Waals surface area contributed by atoms with Gasteiger partial charge in [-0.3, -0.25) is 0 Å². The van der Waals surface area contributed by atoms with Crippen LogP contribution in [0, 0.1) is 0 Å². The summed E-state index contributed by atoms with van der Waals surface area (Å²) in [4.78, 5) is 10.8. The van der Waals surface area contributed by atoms with Crippen LogP contribution < -0.4 is 5.73 Å². The molecule has 0 fully saturated rings. The van der Waals surface area contributed by atoms with E-state index >= 15 is 0 Å². The van der Waals surface area contributed by atoms with Gasteiger partial charge in [-0.05, 0) is 26.7 Å². The molecule has 1 amide bonds. The van der Waals surface area contributed by atoms with Gasteiger partial charge in [-0.25, -0.2) is 4.79 Å². The molecule has 4 nitrogen and oxygen atoms in total. The van der Waals surface area contributed by atoms with Gasteiger partial charge >= 0.3 is 6.09 Å². The zero-order valence-electron chi connectivity index (χ0n) is 10.9. The molecule has 0 aliphatic carbocycles. The lowest BCUT2D eigenvalue weighted by atomic mass is 9.97. The number of rotatable bonds is 8. The molecule has 0 saturated carbocycles. The molecule has 0 aromatic rings. The van der Waals surface area contributed by atoms with Crippen molar-refractivity contribution in [2.45, 2.75) is 65.1 Å². The smallest absolute Gasteiger partial charge is 0.405 e. The fourth-order valence-electron chi connectivity index (χ4n) is 1.59. The quantitative estimate of drug-likeness (QED) is 0.653. The van der Waals surface area contributed by atoms with E-state index in [9.17, 15) is 4.79 Å². The Morgan fingerprint density at radius 2 is 1.94 bits per heavy atom.